The van der Waals surface area contributed by atoms with Crippen LogP contribution in [0, 0.1) is 3.57 Å². The average Bonchev–Trinajstić information content (AvgIpc) is 1.07. The number of unbranched alkanes of at least 4 members (excludes halogenated alkanes) is 1. The first-order chi connectivity index (χ1) is 45.0. The lowest BCUT2D eigenvalue weighted by Gasteiger charge is -2.26. The van der Waals surface area contributed by atoms with Gasteiger partial charge in [0, 0.05) is 59.0 Å². The molecular formula is C57H84IN15O18S3. The summed E-state index contributed by atoms with van der Waals surface area (Å²) in [5.41, 5.74) is 16.9. The molecule has 0 radical (unpaired) electrons. The number of guanidine groups is 1. The normalized spacial score (nSPS) is 20.0. The maximum absolute atomic E-state index is 14.5. The summed E-state index contributed by atoms with van der Waals surface area (Å²) < 4.78 is 22.2. The molecule has 0 spiro atoms. The van der Waals surface area contributed by atoms with E-state index in [0.29, 0.717) is 17.5 Å². The van der Waals surface area contributed by atoms with E-state index in [9.17, 15) is 67.4 Å². The van der Waals surface area contributed by atoms with Crippen LogP contribution in [0.15, 0.2) is 59.6 Å². The highest BCUT2D eigenvalue weighted by atomic mass is 127. The van der Waals surface area contributed by atoms with Gasteiger partial charge >= 0.3 is 5.97 Å². The topological polar surface area (TPSA) is 502 Å². The van der Waals surface area contributed by atoms with Crippen LogP contribution in [0.25, 0.3) is 0 Å². The predicted octanol–water partition coefficient (Wildman–Crippen LogP) is -5.14. The van der Waals surface area contributed by atoms with E-state index < -0.39 is 138 Å². The van der Waals surface area contributed by atoms with Crippen LogP contribution in [0.4, 0.5) is 0 Å². The van der Waals surface area contributed by atoms with E-state index in [1.807, 2.05) is 6.07 Å². The van der Waals surface area contributed by atoms with Crippen molar-refractivity contribution in [3.63, 3.8) is 0 Å². The maximum atomic E-state index is 14.5. The molecule has 2 aromatic rings. The van der Waals surface area contributed by atoms with E-state index in [1.54, 1.807) is 48.5 Å². The summed E-state index contributed by atoms with van der Waals surface area (Å²) in [5.74, 6) is -13.1. The molecule has 33 nitrogen and oxygen atoms in total. The highest BCUT2D eigenvalue weighted by molar-refractivity contribution is 14.1. The highest BCUT2D eigenvalue weighted by Crippen LogP contribution is 2.12. The zero-order valence-electron chi connectivity index (χ0n) is 51.5. The van der Waals surface area contributed by atoms with Crippen LogP contribution in [0.2, 0.25) is 0 Å². The van der Waals surface area contributed by atoms with Crippen molar-refractivity contribution in [2.75, 3.05) is 109 Å². The van der Waals surface area contributed by atoms with Crippen LogP contribution in [-0.4, -0.2) is 239 Å². The maximum Gasteiger partial charge on any atom is 0.305 e. The molecule has 3 rings (SSSR count). The summed E-state index contributed by atoms with van der Waals surface area (Å²) in [5, 5.41) is 37.7. The Morgan fingerprint density at radius 3 is 1.78 bits per heavy atom. The number of hydrogen-bond donors (Lipinski definition) is 17. The number of primary amides is 1. The first-order valence-electron chi connectivity index (χ1n) is 29.7. The van der Waals surface area contributed by atoms with Gasteiger partial charge in [-0.25, -0.2) is 0 Å². The molecule has 0 saturated carbocycles. The second-order valence-electron chi connectivity index (χ2n) is 20.6. The van der Waals surface area contributed by atoms with Crippen molar-refractivity contribution in [2.24, 2.45) is 22.2 Å². The third-order valence-corrected chi connectivity index (χ3v) is 15.4. The molecule has 1 aliphatic heterocycles. The number of carbonyl (C=O) groups excluding carboxylic acids is 12. The third kappa shape index (κ3) is 34.6. The molecule has 37 heteroatoms. The van der Waals surface area contributed by atoms with Crippen LogP contribution in [0.3, 0.4) is 0 Å². The van der Waals surface area contributed by atoms with Gasteiger partial charge < -0.3 is 99.7 Å². The molecule has 1 saturated heterocycles. The number of aliphatic imine (C=N–C) groups is 1. The van der Waals surface area contributed by atoms with Gasteiger partial charge in [-0.2, -0.15) is 25.3 Å². The fourth-order valence-corrected chi connectivity index (χ4v) is 10.2. The van der Waals surface area contributed by atoms with Gasteiger partial charge in [0.05, 0.1) is 58.4 Å². The Hall–Kier alpha value is -7.56. The van der Waals surface area contributed by atoms with Crippen LogP contribution in [-0.2, 0) is 82.9 Å². The second kappa shape index (κ2) is 46.5. The Morgan fingerprint density at radius 1 is 0.596 bits per heavy atom. The monoisotopic (exact) mass is 1490 g/mol. The van der Waals surface area contributed by atoms with E-state index in [4.69, 9.17) is 36.1 Å². The van der Waals surface area contributed by atoms with Crippen LogP contribution < -0.4 is 75.7 Å². The smallest absolute Gasteiger partial charge is 0.305 e. The van der Waals surface area contributed by atoms with E-state index in [-0.39, 0.29) is 135 Å². The van der Waals surface area contributed by atoms with E-state index in [1.165, 1.54) is 0 Å². The molecule has 0 aliphatic carbocycles. The Bertz CT molecular complexity index is 2870. The summed E-state index contributed by atoms with van der Waals surface area (Å²) in [6, 6.07) is 4.80. The minimum atomic E-state index is -1.85. The van der Waals surface area contributed by atoms with Gasteiger partial charge in [0.15, 0.2) is 5.96 Å². The van der Waals surface area contributed by atoms with Gasteiger partial charge in [-0.15, -0.1) is 11.8 Å². The summed E-state index contributed by atoms with van der Waals surface area (Å²) in [6.07, 6.45) is -0.659. The molecule has 94 heavy (non-hydrogen) atoms. The van der Waals surface area contributed by atoms with Crippen molar-refractivity contribution >= 4 is 142 Å². The summed E-state index contributed by atoms with van der Waals surface area (Å²) in [4.78, 5) is 177. The molecule has 12 amide bonds. The molecule has 520 valence electrons. The Kier molecular flexibility index (Phi) is 39.9. The van der Waals surface area contributed by atoms with Gasteiger partial charge in [-0.05, 0) is 78.5 Å². The molecular weight excluding hydrogens is 1410 g/mol. The first kappa shape index (κ1) is 80.7. The minimum absolute atomic E-state index is 0.00193. The number of halogens is 1. The molecule has 0 unspecified atom stereocenters. The number of aliphatic carboxylic acids is 1. The van der Waals surface area contributed by atoms with Gasteiger partial charge in [0.2, 0.25) is 65.0 Å². The summed E-state index contributed by atoms with van der Waals surface area (Å²) in [6.45, 7) is -0.569. The van der Waals surface area contributed by atoms with Gasteiger partial charge in [-0.3, -0.25) is 67.3 Å². The number of nitrogens with one attached hydrogen (secondary N) is 11. The third-order valence-electron chi connectivity index (χ3n) is 13.0. The predicted molar refractivity (Wildman–Crippen MR) is 358 cm³/mol. The fourth-order valence-electron chi connectivity index (χ4n) is 8.33. The Labute approximate surface area is 571 Å². The van der Waals surface area contributed by atoms with Gasteiger partial charge in [0.1, 0.15) is 55.5 Å². The molecule has 7 atom stereocenters. The van der Waals surface area contributed by atoms with E-state index >= 15 is 0 Å². The Balaban J connectivity index is 1.92. The number of thiol groups is 2. The number of thioether (sulfide) groups is 1. The molecule has 0 aromatic heterocycles. The number of hydrogen-bond acceptors (Lipinski definition) is 21. The summed E-state index contributed by atoms with van der Waals surface area (Å²) >= 11 is 11.5. The lowest BCUT2D eigenvalue weighted by atomic mass is 10.0. The Morgan fingerprint density at radius 2 is 1.16 bits per heavy atom. The van der Waals surface area contributed by atoms with E-state index in [0.717, 1.165) is 15.3 Å². The largest absolute Gasteiger partial charge is 0.481 e. The quantitative estimate of drug-likeness (QED) is 0.0104. The molecule has 1 fully saturated rings. The van der Waals surface area contributed by atoms with Crippen molar-refractivity contribution in [1.29, 1.82) is 0 Å². The lowest BCUT2D eigenvalue weighted by molar-refractivity contribution is -0.141. The SMILES string of the molecule is NC(=O)COCC(=O)NCCOCCOCCOCCNC(=O)[C@@H]1CSCC(=O)N[C@@H](CCCCNC(=O)c2cccc(I)c2)C(=O)N[C@@H](CS)C(=O)N[C@@H](CCCN=C(N)N)C(=O)NCC(=O)N[C@@H](CC(=O)O)C(=O)N[C@@H](CS)C(=O)N[C@@H](Cc2ccccc2)C(=O)N1. The van der Waals surface area contributed by atoms with Crippen molar-refractivity contribution in [3.05, 3.63) is 69.3 Å². The average molecular weight is 1490 g/mol. The number of rotatable bonds is 33. The van der Waals surface area contributed by atoms with Crippen molar-refractivity contribution < 1.29 is 86.4 Å². The molecule has 1 heterocycles. The van der Waals surface area contributed by atoms with Crippen LogP contribution in [0.5, 0.6) is 0 Å². The number of nitrogens with two attached hydrogens (primary N) is 3. The summed E-state index contributed by atoms with van der Waals surface area (Å²) in [7, 11) is 0. The standard InChI is InChI=1S/C57H84IN15O18S3/c58-36-11-6-10-35(25-36)49(80)63-14-5-4-12-38-52(83)71-41(30-92)55(86)69-37(13-7-15-65-57(60)61)50(81)66-27-45(75)68-40(26-48(78)79)54(85)72-42(31-93)56(87)70-39(24-34-8-2-1-3-9-34)53(84)73-43(32-94-33-47(77)67-38)51(82)64-17-19-89-21-23-90-22-20-88-18-16-62-46(76)29-91-28-44(59)74/h1-3,6,8-11,25,37-43,92-93H,4-5,7,12-24,26-33H2,(H2,59,74)(H,62,76)(H,63,80)(H,64,82)(H,66,81)(H,67,77)(H,68,75)(H,69,86)(H,70,87)(H,71,83)(H,72,85)(H,73,84)(H,78,79)(H4,60,61,65)/t37-,38-,39-,40-,41-,42-,43-/m0/s1. The molecule has 18 N–H and O–H groups in total. The zero-order valence-corrected chi connectivity index (χ0v) is 56.2. The van der Waals surface area contributed by atoms with Crippen molar-refractivity contribution in [3.8, 4) is 0 Å². The highest BCUT2D eigenvalue weighted by Gasteiger charge is 2.34. The number of nitrogens with zero attached hydrogens (tertiary/aromatic N) is 1. The van der Waals surface area contributed by atoms with Crippen molar-refractivity contribution in [1.82, 2.24) is 58.5 Å². The number of amides is 12. The fraction of sp³-hybridized carbons (Fsp3) is 0.544. The molecule has 0 bridgehead atoms. The second-order valence-corrected chi connectivity index (χ2v) is 23.6. The van der Waals surface area contributed by atoms with Gasteiger partial charge in [-0.1, -0.05) is 36.4 Å². The number of carboxylic acids is 1. The number of carboxylic acid groups (broad SMARTS) is 1. The van der Waals surface area contributed by atoms with E-state index in [2.05, 4.69) is 111 Å². The van der Waals surface area contributed by atoms with Crippen LogP contribution >= 0.6 is 59.6 Å². The minimum Gasteiger partial charge on any atom is -0.481 e. The lowest BCUT2D eigenvalue weighted by Crippen LogP contribution is -2.60. The zero-order chi connectivity index (χ0) is 69.2. The van der Waals surface area contributed by atoms with Crippen LogP contribution in [0.1, 0.15) is 54.4 Å². The number of ether oxygens (including phenoxy) is 4. The van der Waals surface area contributed by atoms with Gasteiger partial charge in [0.25, 0.3) is 5.91 Å². The number of carbonyl (C=O) groups is 13. The first-order valence-corrected chi connectivity index (χ1v) is 33.2. The van der Waals surface area contributed by atoms with Crippen molar-refractivity contribution in [2.45, 2.75) is 87.2 Å². The molecule has 1 aliphatic rings. The number of benzene rings is 2. The molecule has 2 aromatic carbocycles.